The zero-order valence-corrected chi connectivity index (χ0v) is 14.9. The smallest absolute Gasteiger partial charge is 0.336 e. The van der Waals surface area contributed by atoms with E-state index in [1.807, 2.05) is 6.92 Å². The SMILES string of the molecule is C=CCc1ccc(C(=O)O)c(C(=O)O)c1CC=C.C=COC(=O)CCC. The molecule has 0 aliphatic rings. The summed E-state index contributed by atoms with van der Waals surface area (Å²) < 4.78 is 4.41. The quantitative estimate of drug-likeness (QED) is 0.392. The maximum Gasteiger partial charge on any atom is 0.336 e. The molecular weight excluding hydrogens is 336 g/mol. The molecule has 0 bridgehead atoms. The molecule has 1 aromatic rings. The molecule has 0 saturated carbocycles. The van der Waals surface area contributed by atoms with Crippen LogP contribution in [0.25, 0.3) is 0 Å². The Kier molecular flexibility index (Phi) is 10.8. The highest BCUT2D eigenvalue weighted by Crippen LogP contribution is 2.22. The Morgan fingerprint density at radius 3 is 2.08 bits per heavy atom. The zero-order chi connectivity index (χ0) is 20.1. The molecule has 2 N–H and O–H groups in total. The molecule has 0 spiro atoms. The normalized spacial score (nSPS) is 9.27. The minimum Gasteiger partial charge on any atom is -0.478 e. The molecule has 0 aliphatic heterocycles. The number of rotatable bonds is 9. The van der Waals surface area contributed by atoms with Crippen molar-refractivity contribution in [1.82, 2.24) is 0 Å². The summed E-state index contributed by atoms with van der Waals surface area (Å²) in [6, 6.07) is 2.94. The maximum atomic E-state index is 11.3. The number of benzene rings is 1. The molecule has 0 heterocycles. The average Bonchev–Trinajstić information content (AvgIpc) is 2.57. The number of hydrogen-bond acceptors (Lipinski definition) is 4. The molecule has 26 heavy (non-hydrogen) atoms. The van der Waals surface area contributed by atoms with Crippen molar-refractivity contribution in [2.45, 2.75) is 32.6 Å². The fourth-order valence-electron chi connectivity index (χ4n) is 2.19. The van der Waals surface area contributed by atoms with E-state index in [2.05, 4.69) is 24.5 Å². The molecule has 0 fully saturated rings. The first-order chi connectivity index (χ1) is 12.3. The first-order valence-corrected chi connectivity index (χ1v) is 7.97. The van der Waals surface area contributed by atoms with E-state index in [0.717, 1.165) is 18.2 Å². The van der Waals surface area contributed by atoms with Crippen LogP contribution in [0, 0.1) is 0 Å². The maximum absolute atomic E-state index is 11.3. The highest BCUT2D eigenvalue weighted by molar-refractivity contribution is 6.03. The fraction of sp³-hybridized carbons (Fsp3) is 0.250. The van der Waals surface area contributed by atoms with Crippen LogP contribution in [-0.4, -0.2) is 28.1 Å². The second kappa shape index (κ2) is 12.2. The Hall–Kier alpha value is -3.15. The highest BCUT2D eigenvalue weighted by Gasteiger charge is 2.21. The van der Waals surface area contributed by atoms with Crippen molar-refractivity contribution in [3.63, 3.8) is 0 Å². The van der Waals surface area contributed by atoms with Gasteiger partial charge in [0.1, 0.15) is 0 Å². The summed E-state index contributed by atoms with van der Waals surface area (Å²) >= 11 is 0. The van der Waals surface area contributed by atoms with Crippen molar-refractivity contribution < 1.29 is 29.3 Å². The number of ether oxygens (including phenoxy) is 1. The van der Waals surface area contributed by atoms with Crippen LogP contribution >= 0.6 is 0 Å². The van der Waals surface area contributed by atoms with Crippen LogP contribution in [-0.2, 0) is 22.4 Å². The summed E-state index contributed by atoms with van der Waals surface area (Å²) in [4.78, 5) is 32.6. The first-order valence-electron chi connectivity index (χ1n) is 7.97. The van der Waals surface area contributed by atoms with Crippen LogP contribution in [0.1, 0.15) is 51.6 Å². The van der Waals surface area contributed by atoms with Gasteiger partial charge in [0.05, 0.1) is 17.4 Å². The van der Waals surface area contributed by atoms with Gasteiger partial charge in [-0.15, -0.1) is 13.2 Å². The Morgan fingerprint density at radius 1 is 1.04 bits per heavy atom. The van der Waals surface area contributed by atoms with Gasteiger partial charge in [0, 0.05) is 6.42 Å². The van der Waals surface area contributed by atoms with Crippen molar-refractivity contribution in [3.8, 4) is 0 Å². The van der Waals surface area contributed by atoms with Crippen LogP contribution in [0.15, 0.2) is 50.3 Å². The van der Waals surface area contributed by atoms with Crippen LogP contribution < -0.4 is 0 Å². The molecule has 1 rings (SSSR count). The predicted molar refractivity (Wildman–Crippen MR) is 99.4 cm³/mol. The molecule has 0 radical (unpaired) electrons. The van der Waals surface area contributed by atoms with E-state index in [1.165, 1.54) is 6.07 Å². The topological polar surface area (TPSA) is 101 Å². The minimum atomic E-state index is -1.25. The van der Waals surface area contributed by atoms with Crippen LogP contribution in [0.2, 0.25) is 0 Å². The Balaban J connectivity index is 0.000000660. The third kappa shape index (κ3) is 7.17. The zero-order valence-electron chi connectivity index (χ0n) is 14.9. The van der Waals surface area contributed by atoms with E-state index in [4.69, 9.17) is 5.11 Å². The molecule has 0 amide bonds. The number of carbonyl (C=O) groups is 3. The van der Waals surface area contributed by atoms with Gasteiger partial charge in [-0.25, -0.2) is 9.59 Å². The summed E-state index contributed by atoms with van der Waals surface area (Å²) in [5, 5.41) is 18.2. The van der Waals surface area contributed by atoms with Gasteiger partial charge < -0.3 is 14.9 Å². The lowest BCUT2D eigenvalue weighted by atomic mass is 9.92. The van der Waals surface area contributed by atoms with Gasteiger partial charge in [-0.1, -0.05) is 31.7 Å². The highest BCUT2D eigenvalue weighted by atomic mass is 16.5. The third-order valence-electron chi connectivity index (χ3n) is 3.24. The molecule has 0 aromatic heterocycles. The number of carbonyl (C=O) groups excluding carboxylic acids is 1. The summed E-state index contributed by atoms with van der Waals surface area (Å²) in [7, 11) is 0. The molecule has 0 unspecified atom stereocenters. The molecule has 0 aliphatic carbocycles. The number of hydrogen-bond donors (Lipinski definition) is 2. The van der Waals surface area contributed by atoms with Crippen LogP contribution in [0.5, 0.6) is 0 Å². The summed E-state index contributed by atoms with van der Waals surface area (Å²) in [6.07, 6.45) is 6.46. The van der Waals surface area contributed by atoms with E-state index >= 15 is 0 Å². The minimum absolute atomic E-state index is 0.165. The average molecular weight is 360 g/mol. The first kappa shape index (κ1) is 22.9. The Labute approximate surface area is 153 Å². The largest absolute Gasteiger partial charge is 0.478 e. The fourth-order valence-corrected chi connectivity index (χ4v) is 2.19. The van der Waals surface area contributed by atoms with Gasteiger partial charge >= 0.3 is 17.9 Å². The van der Waals surface area contributed by atoms with Gasteiger partial charge in [-0.3, -0.25) is 4.79 Å². The number of allylic oxidation sites excluding steroid dienone is 2. The van der Waals surface area contributed by atoms with E-state index < -0.39 is 11.9 Å². The van der Waals surface area contributed by atoms with Crippen molar-refractivity contribution in [3.05, 3.63) is 72.5 Å². The molecule has 6 heteroatoms. The van der Waals surface area contributed by atoms with Crippen LogP contribution in [0.4, 0.5) is 0 Å². The van der Waals surface area contributed by atoms with Gasteiger partial charge in [-0.05, 0) is 36.5 Å². The van der Waals surface area contributed by atoms with Crippen LogP contribution in [0.3, 0.4) is 0 Å². The van der Waals surface area contributed by atoms with Crippen molar-refractivity contribution >= 4 is 17.9 Å². The number of aromatic carboxylic acids is 2. The Morgan fingerprint density at radius 2 is 1.65 bits per heavy atom. The monoisotopic (exact) mass is 360 g/mol. The second-order valence-electron chi connectivity index (χ2n) is 5.13. The summed E-state index contributed by atoms with van der Waals surface area (Å²) in [6.45, 7) is 12.3. The lowest BCUT2D eigenvalue weighted by Crippen LogP contribution is -2.13. The second-order valence-corrected chi connectivity index (χ2v) is 5.13. The molecule has 0 saturated heterocycles. The standard InChI is InChI=1S/C14H14O4.C6H10O2/c1-3-5-9-7-8-11(13(15)16)12(14(17)18)10(9)6-4-2;1-3-5-6(7)8-4-2/h3-4,7-8H,1-2,5-6H2,(H,15,16)(H,17,18);4H,2-3,5H2,1H3. The summed E-state index contributed by atoms with van der Waals surface area (Å²) in [5.74, 6) is -2.69. The molecule has 1 aromatic carbocycles. The van der Waals surface area contributed by atoms with E-state index in [0.29, 0.717) is 24.8 Å². The molecule has 6 nitrogen and oxygen atoms in total. The Bertz CT molecular complexity index is 688. The van der Waals surface area contributed by atoms with E-state index in [9.17, 15) is 19.5 Å². The van der Waals surface area contributed by atoms with E-state index in [1.54, 1.807) is 18.2 Å². The van der Waals surface area contributed by atoms with Gasteiger partial charge in [0.25, 0.3) is 0 Å². The van der Waals surface area contributed by atoms with Gasteiger partial charge in [0.15, 0.2) is 0 Å². The van der Waals surface area contributed by atoms with Crippen molar-refractivity contribution in [2.75, 3.05) is 0 Å². The third-order valence-corrected chi connectivity index (χ3v) is 3.24. The predicted octanol–water partition coefficient (Wildman–Crippen LogP) is 4.01. The number of esters is 1. The van der Waals surface area contributed by atoms with Crippen molar-refractivity contribution in [1.29, 1.82) is 0 Å². The lowest BCUT2D eigenvalue weighted by molar-refractivity contribution is -0.138. The van der Waals surface area contributed by atoms with Crippen molar-refractivity contribution in [2.24, 2.45) is 0 Å². The summed E-state index contributed by atoms with van der Waals surface area (Å²) in [5.41, 5.74) is 0.874. The molecule has 140 valence electrons. The molecule has 0 atom stereocenters. The lowest BCUT2D eigenvalue weighted by Gasteiger charge is -2.12. The van der Waals surface area contributed by atoms with Gasteiger partial charge in [0.2, 0.25) is 0 Å². The number of carboxylic acids is 2. The number of carboxylic acid groups (broad SMARTS) is 2. The van der Waals surface area contributed by atoms with E-state index in [-0.39, 0.29) is 17.1 Å². The van der Waals surface area contributed by atoms with Gasteiger partial charge in [-0.2, -0.15) is 0 Å². The molecular formula is C20H24O6.